The van der Waals surface area contributed by atoms with Gasteiger partial charge in [-0.15, -0.1) is 0 Å². The average molecular weight is 488 g/mol. The quantitative estimate of drug-likeness (QED) is 0.562. The number of carbonyl (C=O) groups is 1. The second kappa shape index (κ2) is 10.7. The molecular formula is C27H39F2N5O. The third-order valence-corrected chi connectivity index (χ3v) is 7.71. The van der Waals surface area contributed by atoms with Crippen molar-refractivity contribution < 1.29 is 13.6 Å². The van der Waals surface area contributed by atoms with Gasteiger partial charge in [-0.2, -0.15) is 0 Å². The highest BCUT2D eigenvalue weighted by Gasteiger charge is 2.32. The van der Waals surface area contributed by atoms with E-state index in [4.69, 9.17) is 0 Å². The average Bonchev–Trinajstić information content (AvgIpc) is 3.49. The van der Waals surface area contributed by atoms with Gasteiger partial charge in [-0.3, -0.25) is 9.69 Å². The predicted molar refractivity (Wildman–Crippen MR) is 134 cm³/mol. The van der Waals surface area contributed by atoms with Gasteiger partial charge >= 0.3 is 0 Å². The Labute approximate surface area is 207 Å². The van der Waals surface area contributed by atoms with Crippen LogP contribution in [0.2, 0.25) is 0 Å². The lowest BCUT2D eigenvalue weighted by molar-refractivity contribution is -0.122. The molecular weight excluding hydrogens is 448 g/mol. The summed E-state index contributed by atoms with van der Waals surface area (Å²) in [6.07, 6.45) is 9.61. The van der Waals surface area contributed by atoms with E-state index in [2.05, 4.69) is 45.4 Å². The van der Waals surface area contributed by atoms with Crippen LogP contribution in [-0.2, 0) is 23.2 Å². The number of anilines is 1. The van der Waals surface area contributed by atoms with Gasteiger partial charge in [0.25, 0.3) is 0 Å². The highest BCUT2D eigenvalue weighted by Crippen LogP contribution is 2.29. The summed E-state index contributed by atoms with van der Waals surface area (Å²) in [4.78, 5) is 22.4. The number of hydrogen-bond donors (Lipinski definition) is 1. The van der Waals surface area contributed by atoms with Crippen LogP contribution in [0.25, 0.3) is 0 Å². The van der Waals surface area contributed by atoms with Crippen molar-refractivity contribution in [3.63, 3.8) is 0 Å². The summed E-state index contributed by atoms with van der Waals surface area (Å²) in [5, 5.41) is 3.02. The number of aryl methyl sites for hydroxylation is 1. The Morgan fingerprint density at radius 2 is 2.03 bits per heavy atom. The van der Waals surface area contributed by atoms with E-state index >= 15 is 0 Å². The number of hydrogen-bond acceptors (Lipinski definition) is 4. The number of aromatic nitrogens is 2. The minimum Gasteiger partial charge on any atom is -0.328 e. The molecule has 192 valence electrons. The summed E-state index contributed by atoms with van der Waals surface area (Å²) in [6, 6.07) is 2.06. The number of fused-ring (bicyclic) bond motifs is 1. The number of halogens is 2. The first-order chi connectivity index (χ1) is 16.7. The fourth-order valence-corrected chi connectivity index (χ4v) is 5.66. The third-order valence-electron chi connectivity index (χ3n) is 7.71. The predicted octanol–water partition coefficient (Wildman–Crippen LogP) is 4.59. The smallest absolute Gasteiger partial charge is 0.242 e. The minimum absolute atomic E-state index is 0.0155. The number of carbonyl (C=O) groups excluding carboxylic acids is 1. The Morgan fingerprint density at radius 3 is 2.74 bits per heavy atom. The fraction of sp³-hybridized carbons (Fsp3) is 0.630. The molecule has 1 saturated heterocycles. The second-order valence-corrected chi connectivity index (χ2v) is 10.8. The molecule has 0 radical (unpaired) electrons. The van der Waals surface area contributed by atoms with E-state index in [1.54, 1.807) is 6.33 Å². The molecule has 35 heavy (non-hydrogen) atoms. The molecule has 1 fully saturated rings. The lowest BCUT2D eigenvalue weighted by atomic mass is 9.86. The van der Waals surface area contributed by atoms with Crippen molar-refractivity contribution in [2.45, 2.75) is 83.3 Å². The summed E-state index contributed by atoms with van der Waals surface area (Å²) < 4.78 is 30.1. The van der Waals surface area contributed by atoms with Crippen LogP contribution in [0.5, 0.6) is 0 Å². The van der Waals surface area contributed by atoms with Crippen molar-refractivity contribution in [3.05, 3.63) is 47.4 Å². The summed E-state index contributed by atoms with van der Waals surface area (Å²) in [7, 11) is 1.94. The highest BCUT2D eigenvalue weighted by atomic mass is 19.1. The zero-order valence-corrected chi connectivity index (χ0v) is 21.5. The summed E-state index contributed by atoms with van der Waals surface area (Å²) in [6.45, 7) is 9.66. The van der Waals surface area contributed by atoms with Gasteiger partial charge in [0, 0.05) is 24.8 Å². The van der Waals surface area contributed by atoms with E-state index in [1.807, 2.05) is 13.2 Å². The molecule has 1 aliphatic heterocycles. The maximum absolute atomic E-state index is 14.4. The van der Waals surface area contributed by atoms with Crippen LogP contribution in [0.15, 0.2) is 24.7 Å². The van der Waals surface area contributed by atoms with Crippen molar-refractivity contribution in [3.8, 4) is 0 Å². The van der Waals surface area contributed by atoms with Gasteiger partial charge in [0.1, 0.15) is 11.6 Å². The summed E-state index contributed by atoms with van der Waals surface area (Å²) in [5.74, 6) is -0.562. The molecule has 1 aromatic heterocycles. The molecule has 0 spiro atoms. The van der Waals surface area contributed by atoms with Crippen LogP contribution in [0.3, 0.4) is 0 Å². The van der Waals surface area contributed by atoms with Crippen LogP contribution >= 0.6 is 0 Å². The number of benzene rings is 1. The Bertz CT molecular complexity index is 1030. The molecule has 1 aromatic carbocycles. The molecule has 6 nitrogen and oxygen atoms in total. The van der Waals surface area contributed by atoms with Crippen LogP contribution in [0.4, 0.5) is 14.6 Å². The molecule has 1 aliphatic carbocycles. The van der Waals surface area contributed by atoms with Crippen LogP contribution < -0.4 is 5.32 Å². The van der Waals surface area contributed by atoms with E-state index < -0.39 is 11.6 Å². The SMILES string of the molecule is CCCC(C(=O)Nc1cn(C(C)(C)CN2CCCC2)cn1)N(C)C1CCc2cc(F)cc(F)c2C1. The summed E-state index contributed by atoms with van der Waals surface area (Å²) >= 11 is 0. The van der Waals surface area contributed by atoms with Crippen molar-refractivity contribution in [2.75, 3.05) is 32.0 Å². The maximum atomic E-state index is 14.4. The van der Waals surface area contributed by atoms with E-state index in [9.17, 15) is 13.6 Å². The number of nitrogens with one attached hydrogen (secondary N) is 1. The van der Waals surface area contributed by atoms with Gasteiger partial charge < -0.3 is 14.8 Å². The molecule has 1 N–H and O–H groups in total. The normalized spacial score (nSPS) is 19.7. The second-order valence-electron chi connectivity index (χ2n) is 10.8. The molecule has 1 amide bonds. The molecule has 0 saturated carbocycles. The number of amides is 1. The number of likely N-dealkylation sites (N-methyl/N-ethyl adjacent to an activating group) is 1. The molecule has 4 rings (SSSR count). The van der Waals surface area contributed by atoms with Crippen LogP contribution in [0.1, 0.15) is 64.0 Å². The maximum Gasteiger partial charge on any atom is 0.242 e. The minimum atomic E-state index is -0.528. The first-order valence-corrected chi connectivity index (χ1v) is 12.9. The van der Waals surface area contributed by atoms with Crippen molar-refractivity contribution in [1.82, 2.24) is 19.4 Å². The molecule has 2 aromatic rings. The van der Waals surface area contributed by atoms with E-state index in [0.29, 0.717) is 30.6 Å². The van der Waals surface area contributed by atoms with Crippen LogP contribution in [0, 0.1) is 11.6 Å². The largest absolute Gasteiger partial charge is 0.328 e. The lowest BCUT2D eigenvalue weighted by Crippen LogP contribution is -2.49. The Morgan fingerprint density at radius 1 is 1.29 bits per heavy atom. The van der Waals surface area contributed by atoms with Gasteiger partial charge in [-0.1, -0.05) is 13.3 Å². The van der Waals surface area contributed by atoms with Gasteiger partial charge in [0.15, 0.2) is 5.82 Å². The number of rotatable bonds is 9. The topological polar surface area (TPSA) is 53.4 Å². The highest BCUT2D eigenvalue weighted by molar-refractivity contribution is 5.94. The lowest BCUT2D eigenvalue weighted by Gasteiger charge is -2.37. The van der Waals surface area contributed by atoms with E-state index in [1.165, 1.54) is 18.9 Å². The molecule has 8 heteroatoms. The number of imidazole rings is 1. The standard InChI is InChI=1S/C27H39F2N5O/c1-5-8-24(32(4)21-10-9-19-13-20(28)14-23(29)22(19)15-21)26(35)31-25-16-34(18-30-25)27(2,3)17-33-11-6-7-12-33/h13-14,16,18,21,24H,5-12,15,17H2,1-4H3,(H,31,35). The van der Waals surface area contributed by atoms with Gasteiger partial charge in [0.2, 0.25) is 5.91 Å². The Balaban J connectivity index is 1.42. The third kappa shape index (κ3) is 5.92. The Hall–Kier alpha value is -2.32. The zero-order valence-electron chi connectivity index (χ0n) is 21.5. The zero-order chi connectivity index (χ0) is 25.2. The molecule has 2 aliphatic rings. The van der Waals surface area contributed by atoms with Crippen molar-refractivity contribution in [1.29, 1.82) is 0 Å². The molecule has 0 bridgehead atoms. The van der Waals surface area contributed by atoms with Gasteiger partial charge in [0.05, 0.1) is 17.9 Å². The first kappa shape index (κ1) is 25.8. The molecule has 2 unspecified atom stereocenters. The first-order valence-electron chi connectivity index (χ1n) is 12.9. The van der Waals surface area contributed by atoms with Gasteiger partial charge in [-0.05, 0) is 89.7 Å². The van der Waals surface area contributed by atoms with E-state index in [0.717, 1.165) is 44.1 Å². The van der Waals surface area contributed by atoms with Crippen LogP contribution in [-0.4, -0.2) is 64.0 Å². The van der Waals surface area contributed by atoms with Crippen molar-refractivity contribution in [2.24, 2.45) is 0 Å². The molecule has 2 atom stereocenters. The fourth-order valence-electron chi connectivity index (χ4n) is 5.66. The van der Waals surface area contributed by atoms with Crippen molar-refractivity contribution >= 4 is 11.7 Å². The summed E-state index contributed by atoms with van der Waals surface area (Å²) in [5.41, 5.74) is 1.19. The number of likely N-dealkylation sites (tertiary alicyclic amines) is 1. The molecule has 2 heterocycles. The number of nitrogens with zero attached hydrogens (tertiary/aromatic N) is 4. The Kier molecular flexibility index (Phi) is 7.91. The van der Waals surface area contributed by atoms with E-state index in [-0.39, 0.29) is 23.5 Å². The van der Waals surface area contributed by atoms with Gasteiger partial charge in [-0.25, -0.2) is 13.8 Å². The monoisotopic (exact) mass is 487 g/mol.